The highest BCUT2D eigenvalue weighted by molar-refractivity contribution is 5.97. The van der Waals surface area contributed by atoms with Gasteiger partial charge in [-0.15, -0.1) is 0 Å². The van der Waals surface area contributed by atoms with Crippen LogP contribution >= 0.6 is 0 Å². The number of aryl methyl sites for hydroxylation is 1. The van der Waals surface area contributed by atoms with Crippen molar-refractivity contribution >= 4 is 16.9 Å². The van der Waals surface area contributed by atoms with Crippen molar-refractivity contribution in [3.63, 3.8) is 0 Å². The summed E-state index contributed by atoms with van der Waals surface area (Å²) >= 11 is 0. The van der Waals surface area contributed by atoms with Gasteiger partial charge in [-0.25, -0.2) is 4.98 Å². The van der Waals surface area contributed by atoms with Crippen LogP contribution in [-0.2, 0) is 7.05 Å². The Morgan fingerprint density at radius 2 is 2.08 bits per heavy atom. The summed E-state index contributed by atoms with van der Waals surface area (Å²) in [4.78, 5) is 23.4. The van der Waals surface area contributed by atoms with Crippen LogP contribution in [0.15, 0.2) is 49.1 Å². The van der Waals surface area contributed by atoms with Gasteiger partial charge in [-0.3, -0.25) is 9.78 Å². The third-order valence-electron chi connectivity index (χ3n) is 4.57. The zero-order valence-corrected chi connectivity index (χ0v) is 13.5. The first kappa shape index (κ1) is 14.8. The van der Waals surface area contributed by atoms with Crippen LogP contribution in [0.1, 0.15) is 22.0 Å². The van der Waals surface area contributed by atoms with E-state index in [0.29, 0.717) is 12.1 Å². The molecule has 1 fully saturated rings. The second-order valence-electron chi connectivity index (χ2n) is 6.06. The summed E-state index contributed by atoms with van der Waals surface area (Å²) in [5.74, 6) is 0.0471. The first-order valence-corrected chi connectivity index (χ1v) is 8.07. The van der Waals surface area contributed by atoms with E-state index in [2.05, 4.69) is 15.3 Å². The van der Waals surface area contributed by atoms with Gasteiger partial charge >= 0.3 is 0 Å². The molecule has 2 aromatic heterocycles. The van der Waals surface area contributed by atoms with E-state index in [4.69, 9.17) is 0 Å². The van der Waals surface area contributed by atoms with Crippen molar-refractivity contribution in [1.29, 1.82) is 0 Å². The molecule has 1 aliphatic heterocycles. The number of amides is 1. The number of benzene rings is 1. The van der Waals surface area contributed by atoms with E-state index in [0.717, 1.165) is 29.7 Å². The zero-order chi connectivity index (χ0) is 16.5. The Morgan fingerprint density at radius 1 is 1.25 bits per heavy atom. The topological polar surface area (TPSA) is 63.1 Å². The maximum atomic E-state index is 13.1. The number of piperazine rings is 1. The van der Waals surface area contributed by atoms with E-state index < -0.39 is 0 Å². The number of nitrogens with zero attached hydrogens (tertiary/aromatic N) is 4. The minimum absolute atomic E-state index is 0.0219. The predicted molar refractivity (Wildman–Crippen MR) is 91.6 cm³/mol. The summed E-state index contributed by atoms with van der Waals surface area (Å²) in [6, 6.07) is 9.69. The Hall–Kier alpha value is -2.73. The molecule has 0 bridgehead atoms. The monoisotopic (exact) mass is 321 g/mol. The minimum atomic E-state index is 0.0219. The molecule has 1 unspecified atom stereocenters. The average molecular weight is 321 g/mol. The Labute approximate surface area is 140 Å². The number of imidazole rings is 1. The molecule has 0 spiro atoms. The summed E-state index contributed by atoms with van der Waals surface area (Å²) in [6.07, 6.45) is 5.31. The molecule has 1 aliphatic rings. The summed E-state index contributed by atoms with van der Waals surface area (Å²) in [7, 11) is 1.95. The Balaban J connectivity index is 1.67. The summed E-state index contributed by atoms with van der Waals surface area (Å²) in [6.45, 7) is 2.24. The van der Waals surface area contributed by atoms with Crippen molar-refractivity contribution in [3.05, 3.63) is 60.2 Å². The van der Waals surface area contributed by atoms with Crippen molar-refractivity contribution in [2.75, 3.05) is 19.6 Å². The average Bonchev–Trinajstić information content (AvgIpc) is 3.02. The SMILES string of the molecule is Cn1cnc2cc(C(=O)N3CCNCC3c3ccncc3)ccc21. The number of hydrogen-bond acceptors (Lipinski definition) is 4. The van der Waals surface area contributed by atoms with Crippen molar-refractivity contribution in [3.8, 4) is 0 Å². The van der Waals surface area contributed by atoms with Crippen molar-refractivity contribution in [1.82, 2.24) is 24.8 Å². The lowest BCUT2D eigenvalue weighted by atomic mass is 10.0. The fourth-order valence-electron chi connectivity index (χ4n) is 3.27. The number of rotatable bonds is 2. The van der Waals surface area contributed by atoms with Gasteiger partial charge in [0.1, 0.15) is 0 Å². The van der Waals surface area contributed by atoms with Gasteiger partial charge in [-0.05, 0) is 35.9 Å². The molecule has 3 aromatic rings. The molecular formula is C18H19N5O. The highest BCUT2D eigenvalue weighted by atomic mass is 16.2. The molecule has 6 nitrogen and oxygen atoms in total. The number of hydrogen-bond donors (Lipinski definition) is 1. The smallest absolute Gasteiger partial charge is 0.254 e. The molecule has 1 aromatic carbocycles. The first-order chi connectivity index (χ1) is 11.7. The van der Waals surface area contributed by atoms with Gasteiger partial charge in [-0.2, -0.15) is 0 Å². The van der Waals surface area contributed by atoms with E-state index in [1.165, 1.54) is 0 Å². The number of carbonyl (C=O) groups excluding carboxylic acids is 1. The predicted octanol–water partition coefficient (Wildman–Crippen LogP) is 1.75. The van der Waals surface area contributed by atoms with Crippen LogP contribution in [0.25, 0.3) is 11.0 Å². The lowest BCUT2D eigenvalue weighted by molar-refractivity contribution is 0.0634. The molecule has 122 valence electrons. The van der Waals surface area contributed by atoms with E-state index in [-0.39, 0.29) is 11.9 Å². The minimum Gasteiger partial charge on any atom is -0.334 e. The van der Waals surface area contributed by atoms with E-state index in [9.17, 15) is 4.79 Å². The molecule has 0 aliphatic carbocycles. The van der Waals surface area contributed by atoms with Crippen molar-refractivity contribution in [2.24, 2.45) is 7.05 Å². The molecule has 1 N–H and O–H groups in total. The quantitative estimate of drug-likeness (QED) is 0.781. The third-order valence-corrected chi connectivity index (χ3v) is 4.57. The van der Waals surface area contributed by atoms with Gasteiger partial charge in [-0.1, -0.05) is 0 Å². The number of carbonyl (C=O) groups is 1. The molecule has 6 heteroatoms. The maximum absolute atomic E-state index is 13.1. The second kappa shape index (κ2) is 6.05. The van der Waals surface area contributed by atoms with Crippen LogP contribution in [0.2, 0.25) is 0 Å². The van der Waals surface area contributed by atoms with E-state index in [1.54, 1.807) is 18.7 Å². The van der Waals surface area contributed by atoms with Gasteiger partial charge in [0.2, 0.25) is 0 Å². The van der Waals surface area contributed by atoms with Crippen LogP contribution in [0.5, 0.6) is 0 Å². The van der Waals surface area contributed by atoms with Crippen LogP contribution in [-0.4, -0.2) is 45.0 Å². The standard InChI is InChI=1S/C18H19N5O/c1-22-12-21-15-10-14(2-3-16(15)22)18(24)23-9-8-20-11-17(23)13-4-6-19-7-5-13/h2-7,10,12,17,20H,8-9,11H2,1H3. The van der Waals surface area contributed by atoms with Crippen LogP contribution in [0, 0.1) is 0 Å². The molecule has 1 atom stereocenters. The number of fused-ring (bicyclic) bond motifs is 1. The van der Waals surface area contributed by atoms with Gasteiger partial charge in [0.05, 0.1) is 23.4 Å². The molecule has 0 saturated carbocycles. The van der Waals surface area contributed by atoms with Gasteiger partial charge in [0.25, 0.3) is 5.91 Å². The molecule has 0 radical (unpaired) electrons. The highest BCUT2D eigenvalue weighted by Gasteiger charge is 2.28. The first-order valence-electron chi connectivity index (χ1n) is 8.07. The zero-order valence-electron chi connectivity index (χ0n) is 13.5. The summed E-state index contributed by atoms with van der Waals surface area (Å²) in [5.41, 5.74) is 3.66. The van der Waals surface area contributed by atoms with E-state index in [1.807, 2.05) is 46.8 Å². The Bertz CT molecular complexity index is 874. The van der Waals surface area contributed by atoms with Crippen LogP contribution in [0.4, 0.5) is 0 Å². The fraction of sp³-hybridized carbons (Fsp3) is 0.278. The number of aromatic nitrogens is 3. The Morgan fingerprint density at radius 3 is 2.92 bits per heavy atom. The normalized spacial score (nSPS) is 18.0. The van der Waals surface area contributed by atoms with Crippen molar-refractivity contribution < 1.29 is 4.79 Å². The molecular weight excluding hydrogens is 302 g/mol. The molecule has 3 heterocycles. The molecule has 1 saturated heterocycles. The lowest BCUT2D eigenvalue weighted by Gasteiger charge is -2.36. The fourth-order valence-corrected chi connectivity index (χ4v) is 3.27. The Kier molecular flexibility index (Phi) is 3.74. The van der Waals surface area contributed by atoms with Crippen molar-refractivity contribution in [2.45, 2.75) is 6.04 Å². The maximum Gasteiger partial charge on any atom is 0.254 e. The molecule has 1 amide bonds. The highest BCUT2D eigenvalue weighted by Crippen LogP contribution is 2.24. The van der Waals surface area contributed by atoms with Crippen LogP contribution < -0.4 is 5.32 Å². The lowest BCUT2D eigenvalue weighted by Crippen LogP contribution is -2.48. The van der Waals surface area contributed by atoms with Crippen LogP contribution in [0.3, 0.4) is 0 Å². The van der Waals surface area contributed by atoms with Gasteiger partial charge in [0.15, 0.2) is 0 Å². The third kappa shape index (κ3) is 2.55. The second-order valence-corrected chi connectivity index (χ2v) is 6.06. The van der Waals surface area contributed by atoms with E-state index >= 15 is 0 Å². The largest absolute Gasteiger partial charge is 0.334 e. The number of nitrogens with one attached hydrogen (secondary N) is 1. The summed E-state index contributed by atoms with van der Waals surface area (Å²) in [5, 5.41) is 3.37. The summed E-state index contributed by atoms with van der Waals surface area (Å²) < 4.78 is 1.95. The molecule has 4 rings (SSSR count). The molecule has 24 heavy (non-hydrogen) atoms. The van der Waals surface area contributed by atoms with Gasteiger partial charge < -0.3 is 14.8 Å². The number of pyridine rings is 1. The van der Waals surface area contributed by atoms with Gasteiger partial charge in [0, 0.05) is 44.6 Å².